The number of nitrogens with one attached hydrogen (secondary N) is 1. The van der Waals surface area contributed by atoms with E-state index in [0.29, 0.717) is 19.4 Å². The Morgan fingerprint density at radius 2 is 0.547 bits per heavy atom. The number of carbonyl (C=O) groups excluding carboxylic acids is 2. The topological polar surface area (TPSA) is 95.9 Å². The average Bonchev–Trinajstić information content (AvgIpc) is 3.54. The van der Waals surface area contributed by atoms with E-state index in [4.69, 9.17) is 4.74 Å². The fourth-order valence-corrected chi connectivity index (χ4v) is 12.7. The predicted molar refractivity (Wildman–Crippen MR) is 380 cm³/mol. The van der Waals surface area contributed by atoms with Crippen molar-refractivity contribution in [2.24, 2.45) is 0 Å². The van der Waals surface area contributed by atoms with Gasteiger partial charge in [-0.3, -0.25) is 9.59 Å². The van der Waals surface area contributed by atoms with Crippen LogP contribution in [0.15, 0.2) is 24.3 Å². The molecule has 3 N–H and O–H groups in total. The molecule has 2 unspecified atom stereocenters. The summed E-state index contributed by atoms with van der Waals surface area (Å²) in [5, 5.41) is 23.3. The van der Waals surface area contributed by atoms with E-state index in [0.717, 1.165) is 44.9 Å². The zero-order valence-electron chi connectivity index (χ0n) is 58.6. The van der Waals surface area contributed by atoms with Crippen molar-refractivity contribution in [2.75, 3.05) is 13.2 Å². The van der Waals surface area contributed by atoms with E-state index < -0.39 is 12.1 Å². The third-order valence-corrected chi connectivity index (χ3v) is 18.7. The normalized spacial score (nSPS) is 12.6. The highest BCUT2D eigenvalue weighted by atomic mass is 16.5. The summed E-state index contributed by atoms with van der Waals surface area (Å²) < 4.78 is 5.49. The molecule has 510 valence electrons. The zero-order valence-corrected chi connectivity index (χ0v) is 58.6. The molecule has 0 aliphatic rings. The van der Waals surface area contributed by atoms with Gasteiger partial charge in [-0.25, -0.2) is 0 Å². The van der Waals surface area contributed by atoms with Crippen LogP contribution in [0.5, 0.6) is 0 Å². The van der Waals surface area contributed by atoms with Crippen molar-refractivity contribution in [3.63, 3.8) is 0 Å². The maximum absolute atomic E-state index is 12.6. The van der Waals surface area contributed by atoms with Gasteiger partial charge in [0.2, 0.25) is 5.91 Å². The molecule has 0 aromatic heterocycles. The molecule has 0 saturated carbocycles. The number of esters is 1. The highest BCUT2D eigenvalue weighted by Gasteiger charge is 2.18. The predicted octanol–water partition coefficient (Wildman–Crippen LogP) is 26.0. The van der Waals surface area contributed by atoms with Gasteiger partial charge in [-0.05, 0) is 57.8 Å². The molecule has 0 saturated heterocycles. The number of ether oxygens (including phenoxy) is 1. The van der Waals surface area contributed by atoms with Gasteiger partial charge in [0.1, 0.15) is 0 Å². The lowest BCUT2D eigenvalue weighted by Crippen LogP contribution is -2.45. The zero-order chi connectivity index (χ0) is 62.0. The SMILES string of the molecule is CCCCCCC/C=C\CCCCCCCC(=O)OCCCCCCCCCCCCCCCCCCCCCCCCCCCCCCCCCC(=O)NC(CO)C(O)/C=C/CCCCCCCCCCCCCCCCCCCCCCCC. The molecule has 0 rings (SSSR count). The lowest BCUT2D eigenvalue weighted by molar-refractivity contribution is -0.143. The number of allylic oxidation sites excluding steroid dienone is 3. The number of unbranched alkanes of at least 4 members (excludes halogenated alkanes) is 62. The number of aliphatic hydroxyl groups excluding tert-OH is 2. The molecule has 0 radical (unpaired) electrons. The van der Waals surface area contributed by atoms with Crippen LogP contribution < -0.4 is 5.32 Å². The standard InChI is InChI=1S/C80H155NO5/c1-3-5-7-9-11-13-15-17-19-20-21-22-23-33-36-39-42-45-48-52-56-60-64-68-72-78(83)77(76-82)81-79(84)73-69-65-61-57-53-49-46-43-40-37-34-31-29-27-25-24-26-28-30-32-35-38-41-44-47-51-55-59-63-67-71-75-86-80(85)74-70-66-62-58-54-50-18-16-14-12-10-8-6-4-2/h16,18,68,72,77-78,82-83H,3-15,17,19-67,69-71,73-76H2,1-2H3,(H,81,84)/b18-16-,72-68+. The van der Waals surface area contributed by atoms with E-state index in [1.807, 2.05) is 6.08 Å². The Bertz CT molecular complexity index is 1350. The van der Waals surface area contributed by atoms with Gasteiger partial charge < -0.3 is 20.3 Å². The molecule has 0 bridgehead atoms. The molecule has 0 aromatic rings. The van der Waals surface area contributed by atoms with Crippen LogP contribution in [0, 0.1) is 0 Å². The molecule has 6 nitrogen and oxygen atoms in total. The number of carbonyl (C=O) groups is 2. The molecule has 0 heterocycles. The first kappa shape index (κ1) is 84.3. The monoisotopic (exact) mass is 1210 g/mol. The van der Waals surface area contributed by atoms with E-state index in [1.54, 1.807) is 6.08 Å². The lowest BCUT2D eigenvalue weighted by atomic mass is 10.0. The van der Waals surface area contributed by atoms with Crippen LogP contribution in [0.1, 0.15) is 450 Å². The first-order chi connectivity index (χ1) is 42.5. The molecule has 86 heavy (non-hydrogen) atoms. The number of amides is 1. The van der Waals surface area contributed by atoms with Crippen LogP contribution in [-0.4, -0.2) is 47.4 Å². The second-order valence-electron chi connectivity index (χ2n) is 27.4. The molecule has 0 aliphatic heterocycles. The molecule has 6 heteroatoms. The smallest absolute Gasteiger partial charge is 0.305 e. The minimum atomic E-state index is -0.843. The van der Waals surface area contributed by atoms with Gasteiger partial charge in [0.05, 0.1) is 25.4 Å². The number of hydrogen-bond donors (Lipinski definition) is 3. The second-order valence-corrected chi connectivity index (χ2v) is 27.4. The fraction of sp³-hybridized carbons (Fsp3) is 0.925. The van der Waals surface area contributed by atoms with Gasteiger partial charge in [0.25, 0.3) is 0 Å². The van der Waals surface area contributed by atoms with Crippen LogP contribution in [0.4, 0.5) is 0 Å². The Morgan fingerprint density at radius 1 is 0.314 bits per heavy atom. The Kier molecular flexibility index (Phi) is 74.3. The summed E-state index contributed by atoms with van der Waals surface area (Å²) in [6.45, 7) is 4.94. The molecule has 0 fully saturated rings. The van der Waals surface area contributed by atoms with Crippen LogP contribution in [-0.2, 0) is 14.3 Å². The Balaban J connectivity index is 3.36. The highest BCUT2D eigenvalue weighted by Crippen LogP contribution is 2.20. The van der Waals surface area contributed by atoms with E-state index in [2.05, 4.69) is 31.3 Å². The number of hydrogen-bond acceptors (Lipinski definition) is 5. The van der Waals surface area contributed by atoms with Crippen molar-refractivity contribution in [3.8, 4) is 0 Å². The Labute approximate surface area is 539 Å². The van der Waals surface area contributed by atoms with Gasteiger partial charge in [-0.2, -0.15) is 0 Å². The van der Waals surface area contributed by atoms with E-state index in [9.17, 15) is 19.8 Å². The van der Waals surface area contributed by atoms with Crippen LogP contribution in [0.2, 0.25) is 0 Å². The first-order valence-electron chi connectivity index (χ1n) is 39.6. The van der Waals surface area contributed by atoms with Crippen molar-refractivity contribution in [2.45, 2.75) is 463 Å². The second kappa shape index (κ2) is 75.8. The van der Waals surface area contributed by atoms with Crippen molar-refractivity contribution in [3.05, 3.63) is 24.3 Å². The fourth-order valence-electron chi connectivity index (χ4n) is 12.7. The maximum atomic E-state index is 12.6. The van der Waals surface area contributed by atoms with Crippen molar-refractivity contribution >= 4 is 11.9 Å². The molecule has 0 spiro atoms. The molecule has 2 atom stereocenters. The van der Waals surface area contributed by atoms with Crippen LogP contribution in [0.3, 0.4) is 0 Å². The van der Waals surface area contributed by atoms with Gasteiger partial charge in [-0.15, -0.1) is 0 Å². The summed E-state index contributed by atoms with van der Waals surface area (Å²) in [5.74, 6) is -0.0457. The first-order valence-corrected chi connectivity index (χ1v) is 39.6. The molecular formula is C80H155NO5. The quantitative estimate of drug-likeness (QED) is 0.0320. The van der Waals surface area contributed by atoms with E-state index >= 15 is 0 Å². The van der Waals surface area contributed by atoms with E-state index in [1.165, 1.54) is 379 Å². The van der Waals surface area contributed by atoms with Gasteiger partial charge in [-0.1, -0.05) is 404 Å². The molecule has 0 aliphatic carbocycles. The summed E-state index contributed by atoms with van der Waals surface area (Å²) in [6, 6.07) is -0.626. The van der Waals surface area contributed by atoms with Crippen molar-refractivity contribution in [1.29, 1.82) is 0 Å². The lowest BCUT2D eigenvalue weighted by Gasteiger charge is -2.20. The van der Waals surface area contributed by atoms with Crippen molar-refractivity contribution in [1.82, 2.24) is 5.32 Å². The van der Waals surface area contributed by atoms with Gasteiger partial charge in [0, 0.05) is 12.8 Å². The van der Waals surface area contributed by atoms with Gasteiger partial charge >= 0.3 is 5.97 Å². The number of rotatable bonds is 75. The summed E-state index contributed by atoms with van der Waals surface area (Å²) in [7, 11) is 0. The van der Waals surface area contributed by atoms with Crippen molar-refractivity contribution < 1.29 is 24.5 Å². The Hall–Kier alpha value is -1.66. The maximum Gasteiger partial charge on any atom is 0.305 e. The largest absolute Gasteiger partial charge is 0.466 e. The Morgan fingerprint density at radius 3 is 0.826 bits per heavy atom. The summed E-state index contributed by atoms with van der Waals surface area (Å²) >= 11 is 0. The highest BCUT2D eigenvalue weighted by molar-refractivity contribution is 5.76. The van der Waals surface area contributed by atoms with Gasteiger partial charge in [0.15, 0.2) is 0 Å². The molecule has 1 amide bonds. The minimum absolute atomic E-state index is 0.0128. The van der Waals surface area contributed by atoms with Crippen LogP contribution in [0.25, 0.3) is 0 Å². The average molecular weight is 1210 g/mol. The summed E-state index contributed by atoms with van der Waals surface area (Å²) in [4.78, 5) is 24.6. The minimum Gasteiger partial charge on any atom is -0.466 e. The molecule has 0 aromatic carbocycles. The third-order valence-electron chi connectivity index (χ3n) is 18.7. The third kappa shape index (κ3) is 71.4. The molecular weight excluding hydrogens is 1050 g/mol. The van der Waals surface area contributed by atoms with E-state index in [-0.39, 0.29) is 18.5 Å². The summed E-state index contributed by atoms with van der Waals surface area (Å²) in [5.41, 5.74) is 0. The summed E-state index contributed by atoms with van der Waals surface area (Å²) in [6.07, 6.45) is 97.3. The number of aliphatic hydroxyl groups is 2. The van der Waals surface area contributed by atoms with Crippen LogP contribution >= 0.6 is 0 Å².